The summed E-state index contributed by atoms with van der Waals surface area (Å²) in [5.74, 6) is -0.324. The van der Waals surface area contributed by atoms with E-state index >= 15 is 0 Å². The first-order valence-corrected chi connectivity index (χ1v) is 6.99. The average Bonchev–Trinajstić information content (AvgIpc) is 2.43. The minimum atomic E-state index is -0.312. The lowest BCUT2D eigenvalue weighted by Crippen LogP contribution is -2.24. The zero-order valence-corrected chi connectivity index (χ0v) is 12.0. The van der Waals surface area contributed by atoms with Crippen molar-refractivity contribution in [1.82, 2.24) is 10.3 Å². The van der Waals surface area contributed by atoms with Gasteiger partial charge in [-0.15, -0.1) is 0 Å². The van der Waals surface area contributed by atoms with Gasteiger partial charge in [0.15, 0.2) is 0 Å². The average molecular weight is 295 g/mol. The van der Waals surface area contributed by atoms with Crippen molar-refractivity contribution in [3.8, 4) is 0 Å². The van der Waals surface area contributed by atoms with Crippen LogP contribution in [0.2, 0.25) is 5.15 Å². The van der Waals surface area contributed by atoms with Crippen LogP contribution in [0.1, 0.15) is 25.3 Å². The van der Waals surface area contributed by atoms with Gasteiger partial charge in [-0.05, 0) is 42.7 Å². The van der Waals surface area contributed by atoms with Gasteiger partial charge in [0.25, 0.3) is 0 Å². The highest BCUT2D eigenvalue weighted by Crippen LogP contribution is 2.22. The molecule has 1 aromatic heterocycles. The molecule has 0 atom stereocenters. The highest BCUT2D eigenvalue weighted by molar-refractivity contribution is 6.30. The molecule has 0 aliphatic carbocycles. The van der Waals surface area contributed by atoms with Gasteiger partial charge in [0.1, 0.15) is 11.0 Å². The number of aromatic nitrogens is 1. The number of hydrogen-bond acceptors (Lipinski definition) is 2. The van der Waals surface area contributed by atoms with Crippen LogP contribution in [0.25, 0.3) is 10.9 Å². The van der Waals surface area contributed by atoms with Crippen LogP contribution in [0.3, 0.4) is 0 Å². The number of hydrogen-bond donors (Lipinski definition) is 1. The Bertz CT molecular complexity index is 631. The molecule has 0 radical (unpaired) electrons. The fraction of sp³-hybridized carbons (Fsp3) is 0.333. The number of pyridine rings is 1. The summed E-state index contributed by atoms with van der Waals surface area (Å²) in [6.45, 7) is 2.67. The fourth-order valence-corrected chi connectivity index (χ4v) is 2.18. The highest BCUT2D eigenvalue weighted by atomic mass is 35.5. The second-order valence-electron chi connectivity index (χ2n) is 4.63. The Morgan fingerprint density at radius 1 is 1.40 bits per heavy atom. The van der Waals surface area contributed by atoms with Gasteiger partial charge in [0, 0.05) is 18.4 Å². The Hall–Kier alpha value is -1.68. The number of halogens is 2. The Kier molecular flexibility index (Phi) is 4.90. The molecule has 1 N–H and O–H groups in total. The number of carbonyl (C=O) groups is 1. The largest absolute Gasteiger partial charge is 0.356 e. The molecule has 1 aromatic carbocycles. The molecule has 20 heavy (non-hydrogen) atoms. The van der Waals surface area contributed by atoms with Crippen LogP contribution in [-0.4, -0.2) is 17.4 Å². The Labute approximate surface area is 122 Å². The first-order valence-electron chi connectivity index (χ1n) is 6.61. The van der Waals surface area contributed by atoms with E-state index in [-0.39, 0.29) is 11.7 Å². The molecule has 3 nitrogen and oxygen atoms in total. The van der Waals surface area contributed by atoms with E-state index in [1.165, 1.54) is 12.1 Å². The topological polar surface area (TPSA) is 42.0 Å². The summed E-state index contributed by atoms with van der Waals surface area (Å²) < 4.78 is 13.2. The Morgan fingerprint density at radius 2 is 2.20 bits per heavy atom. The van der Waals surface area contributed by atoms with E-state index in [1.54, 1.807) is 12.1 Å². The molecule has 0 unspecified atom stereocenters. The Morgan fingerprint density at radius 3 is 2.95 bits per heavy atom. The van der Waals surface area contributed by atoms with Crippen molar-refractivity contribution in [2.75, 3.05) is 6.54 Å². The predicted octanol–water partition coefficient (Wildman–Crippen LogP) is 3.49. The minimum Gasteiger partial charge on any atom is -0.356 e. The van der Waals surface area contributed by atoms with Gasteiger partial charge < -0.3 is 5.32 Å². The van der Waals surface area contributed by atoms with Crippen LogP contribution >= 0.6 is 11.6 Å². The lowest BCUT2D eigenvalue weighted by molar-refractivity contribution is -0.121. The van der Waals surface area contributed by atoms with Gasteiger partial charge in [-0.2, -0.15) is 0 Å². The normalized spacial score (nSPS) is 10.8. The van der Waals surface area contributed by atoms with Crippen molar-refractivity contribution in [3.63, 3.8) is 0 Å². The molecule has 1 amide bonds. The van der Waals surface area contributed by atoms with E-state index in [0.717, 1.165) is 12.0 Å². The monoisotopic (exact) mass is 294 g/mol. The maximum absolute atomic E-state index is 13.2. The first kappa shape index (κ1) is 14.7. The summed E-state index contributed by atoms with van der Waals surface area (Å²) in [6, 6.07) is 6.15. The molecule has 0 aliphatic rings. The zero-order valence-electron chi connectivity index (χ0n) is 11.2. The quantitative estimate of drug-likeness (QED) is 0.858. The van der Waals surface area contributed by atoms with E-state index in [1.807, 2.05) is 6.92 Å². The van der Waals surface area contributed by atoms with Gasteiger partial charge in [0.2, 0.25) is 5.91 Å². The molecule has 0 saturated carbocycles. The third kappa shape index (κ3) is 3.67. The van der Waals surface area contributed by atoms with Crippen LogP contribution in [-0.2, 0) is 11.2 Å². The van der Waals surface area contributed by atoms with Crippen molar-refractivity contribution in [2.45, 2.75) is 26.2 Å². The molecule has 0 spiro atoms. The third-order valence-corrected chi connectivity index (χ3v) is 3.32. The number of nitrogens with one attached hydrogen (secondary N) is 1. The number of rotatable bonds is 5. The molecular formula is C15H16ClFN2O. The maximum atomic E-state index is 13.2. The van der Waals surface area contributed by atoms with Gasteiger partial charge in [0.05, 0.1) is 5.52 Å². The van der Waals surface area contributed by atoms with Crippen molar-refractivity contribution in [3.05, 3.63) is 40.8 Å². The van der Waals surface area contributed by atoms with Gasteiger partial charge in [-0.3, -0.25) is 4.79 Å². The van der Waals surface area contributed by atoms with E-state index in [9.17, 15) is 9.18 Å². The highest BCUT2D eigenvalue weighted by Gasteiger charge is 2.08. The van der Waals surface area contributed by atoms with Crippen LogP contribution in [0, 0.1) is 5.82 Å². The third-order valence-electron chi connectivity index (χ3n) is 3.00. The Balaban J connectivity index is 2.13. The maximum Gasteiger partial charge on any atom is 0.220 e. The van der Waals surface area contributed by atoms with Gasteiger partial charge in [-0.25, -0.2) is 9.37 Å². The summed E-state index contributed by atoms with van der Waals surface area (Å²) in [5.41, 5.74) is 1.41. The molecule has 2 aromatic rings. The van der Waals surface area contributed by atoms with Crippen molar-refractivity contribution >= 4 is 28.4 Å². The molecular weight excluding hydrogens is 279 g/mol. The standard InChI is InChI=1S/C15H16ClFN2O/c1-2-7-18-14(20)6-3-10-8-11-9-12(17)4-5-13(11)19-15(10)16/h4-5,8-9H,2-3,6-7H2,1H3,(H,18,20). The van der Waals surface area contributed by atoms with Crippen LogP contribution < -0.4 is 5.32 Å². The van der Waals surface area contributed by atoms with Crippen LogP contribution in [0.5, 0.6) is 0 Å². The predicted molar refractivity (Wildman–Crippen MR) is 78.3 cm³/mol. The molecule has 5 heteroatoms. The lowest BCUT2D eigenvalue weighted by Gasteiger charge is -2.07. The summed E-state index contributed by atoms with van der Waals surface area (Å²) >= 11 is 6.09. The first-order chi connectivity index (χ1) is 9.60. The second-order valence-corrected chi connectivity index (χ2v) is 4.98. The molecule has 2 rings (SSSR count). The molecule has 1 heterocycles. The van der Waals surface area contributed by atoms with E-state index < -0.39 is 0 Å². The van der Waals surface area contributed by atoms with Crippen molar-refractivity contribution < 1.29 is 9.18 Å². The molecule has 0 bridgehead atoms. The summed E-state index contributed by atoms with van der Waals surface area (Å²) in [4.78, 5) is 15.8. The number of amides is 1. The zero-order chi connectivity index (χ0) is 14.5. The second kappa shape index (κ2) is 6.66. The summed E-state index contributed by atoms with van der Waals surface area (Å²) in [5, 5.41) is 3.87. The SMILES string of the molecule is CCCNC(=O)CCc1cc2cc(F)ccc2nc1Cl. The lowest BCUT2D eigenvalue weighted by atomic mass is 10.1. The van der Waals surface area contributed by atoms with E-state index in [0.29, 0.717) is 35.4 Å². The summed E-state index contributed by atoms with van der Waals surface area (Å²) in [6.07, 6.45) is 1.75. The summed E-state index contributed by atoms with van der Waals surface area (Å²) in [7, 11) is 0. The number of aryl methyl sites for hydroxylation is 1. The van der Waals surface area contributed by atoms with Crippen molar-refractivity contribution in [1.29, 1.82) is 0 Å². The number of carbonyl (C=O) groups excluding carboxylic acids is 1. The van der Waals surface area contributed by atoms with Crippen LogP contribution in [0.15, 0.2) is 24.3 Å². The smallest absolute Gasteiger partial charge is 0.220 e. The molecule has 0 fully saturated rings. The van der Waals surface area contributed by atoms with Gasteiger partial charge >= 0.3 is 0 Å². The number of nitrogens with zero attached hydrogens (tertiary/aromatic N) is 1. The molecule has 0 saturated heterocycles. The minimum absolute atomic E-state index is 0.0118. The molecule has 106 valence electrons. The van der Waals surface area contributed by atoms with E-state index in [4.69, 9.17) is 11.6 Å². The number of fused-ring (bicyclic) bond motifs is 1. The molecule has 0 aliphatic heterocycles. The fourth-order valence-electron chi connectivity index (χ4n) is 1.94. The van der Waals surface area contributed by atoms with E-state index in [2.05, 4.69) is 10.3 Å². The number of benzene rings is 1. The van der Waals surface area contributed by atoms with Crippen molar-refractivity contribution in [2.24, 2.45) is 0 Å². The van der Waals surface area contributed by atoms with Gasteiger partial charge in [-0.1, -0.05) is 18.5 Å². The van der Waals surface area contributed by atoms with Crippen LogP contribution in [0.4, 0.5) is 4.39 Å².